The van der Waals surface area contributed by atoms with Gasteiger partial charge in [-0.15, -0.1) is 22.9 Å². The summed E-state index contributed by atoms with van der Waals surface area (Å²) in [6.45, 7) is 0. The quantitative estimate of drug-likeness (QED) is 0.522. The Bertz CT molecular complexity index is 552. The zero-order valence-electron chi connectivity index (χ0n) is 9.22. The highest BCUT2D eigenvalue weighted by Crippen LogP contribution is 2.43. The summed E-state index contributed by atoms with van der Waals surface area (Å²) in [5, 5.41) is 0.401. The first-order valence-corrected chi connectivity index (χ1v) is 8.17. The molecule has 2 aromatic rings. The van der Waals surface area contributed by atoms with E-state index in [1.54, 1.807) is 7.11 Å². The Balaban J connectivity index is 2.42. The minimum Gasteiger partial charge on any atom is -0.496 e. The van der Waals surface area contributed by atoms with E-state index in [4.69, 9.17) is 27.9 Å². The summed E-state index contributed by atoms with van der Waals surface area (Å²) in [7, 11) is 1.63. The van der Waals surface area contributed by atoms with E-state index >= 15 is 0 Å². The molecule has 1 unspecified atom stereocenters. The van der Waals surface area contributed by atoms with Gasteiger partial charge in [0.05, 0.1) is 21.3 Å². The van der Waals surface area contributed by atoms with Gasteiger partial charge in [-0.05, 0) is 34.1 Å². The van der Waals surface area contributed by atoms with E-state index in [0.29, 0.717) is 5.02 Å². The number of thiophene rings is 1. The van der Waals surface area contributed by atoms with Crippen molar-refractivity contribution >= 4 is 66.4 Å². The molecule has 1 atom stereocenters. The van der Waals surface area contributed by atoms with E-state index in [2.05, 4.69) is 31.9 Å². The summed E-state index contributed by atoms with van der Waals surface area (Å²) in [6.07, 6.45) is 0. The molecule has 0 saturated carbocycles. The SMILES string of the molecule is COc1cc(Br)ccc1C(Cl)c1cc(Cl)c(Br)s1. The highest BCUT2D eigenvalue weighted by atomic mass is 79.9. The third-order valence-corrected chi connectivity index (χ3v) is 6.01. The van der Waals surface area contributed by atoms with E-state index in [-0.39, 0.29) is 5.38 Å². The van der Waals surface area contributed by atoms with Crippen molar-refractivity contribution < 1.29 is 4.74 Å². The monoisotopic (exact) mass is 428 g/mol. The lowest BCUT2D eigenvalue weighted by molar-refractivity contribution is 0.410. The Hall–Kier alpha value is 0.260. The summed E-state index contributed by atoms with van der Waals surface area (Å²) in [4.78, 5) is 0.981. The molecule has 18 heavy (non-hydrogen) atoms. The smallest absolute Gasteiger partial charge is 0.125 e. The summed E-state index contributed by atoms with van der Waals surface area (Å²) in [5.74, 6) is 0.755. The van der Waals surface area contributed by atoms with Gasteiger partial charge in [-0.3, -0.25) is 0 Å². The van der Waals surface area contributed by atoms with E-state index < -0.39 is 0 Å². The standard InChI is InChI=1S/C12H8Br2Cl2OS/c1-17-9-4-6(13)2-3-7(9)11(16)10-5-8(15)12(14)18-10/h2-5,11H,1H3. The van der Waals surface area contributed by atoms with Crippen molar-refractivity contribution in [1.82, 2.24) is 0 Å². The van der Waals surface area contributed by atoms with Crippen molar-refractivity contribution in [3.8, 4) is 5.75 Å². The van der Waals surface area contributed by atoms with Crippen molar-refractivity contribution in [2.24, 2.45) is 0 Å². The molecule has 1 aromatic carbocycles. The third kappa shape index (κ3) is 3.05. The first kappa shape index (κ1) is 14.7. The van der Waals surface area contributed by atoms with Gasteiger partial charge in [0.2, 0.25) is 0 Å². The summed E-state index contributed by atoms with van der Waals surface area (Å²) >= 11 is 20.8. The van der Waals surface area contributed by atoms with Crippen LogP contribution in [0.4, 0.5) is 0 Å². The number of hydrogen-bond donors (Lipinski definition) is 0. The fraction of sp³-hybridized carbons (Fsp3) is 0.167. The van der Waals surface area contributed by atoms with Gasteiger partial charge in [0.15, 0.2) is 0 Å². The Morgan fingerprint density at radius 3 is 2.56 bits per heavy atom. The van der Waals surface area contributed by atoms with E-state index in [9.17, 15) is 0 Å². The van der Waals surface area contributed by atoms with Gasteiger partial charge in [0, 0.05) is 14.9 Å². The molecule has 96 valence electrons. The molecule has 6 heteroatoms. The second-order valence-electron chi connectivity index (χ2n) is 3.52. The van der Waals surface area contributed by atoms with Crippen LogP contribution >= 0.6 is 66.4 Å². The second-order valence-corrected chi connectivity index (χ2v) is 7.68. The van der Waals surface area contributed by atoms with Crippen LogP contribution in [-0.2, 0) is 0 Å². The van der Waals surface area contributed by atoms with Gasteiger partial charge < -0.3 is 4.74 Å². The number of alkyl halides is 1. The summed E-state index contributed by atoms with van der Waals surface area (Å²) in [6, 6.07) is 7.66. The van der Waals surface area contributed by atoms with Gasteiger partial charge in [-0.25, -0.2) is 0 Å². The lowest BCUT2D eigenvalue weighted by Gasteiger charge is -2.13. The van der Waals surface area contributed by atoms with E-state index in [1.165, 1.54) is 11.3 Å². The minimum absolute atomic E-state index is 0.276. The van der Waals surface area contributed by atoms with Gasteiger partial charge in [-0.2, -0.15) is 0 Å². The van der Waals surface area contributed by atoms with Crippen molar-refractivity contribution in [3.05, 3.63) is 48.0 Å². The Morgan fingerprint density at radius 2 is 2.00 bits per heavy atom. The molecule has 0 amide bonds. The van der Waals surface area contributed by atoms with Crippen LogP contribution < -0.4 is 4.74 Å². The van der Waals surface area contributed by atoms with Gasteiger partial charge in [0.25, 0.3) is 0 Å². The van der Waals surface area contributed by atoms with E-state index in [0.717, 1.165) is 24.4 Å². The largest absolute Gasteiger partial charge is 0.496 e. The molecule has 0 bridgehead atoms. The molecule has 0 spiro atoms. The van der Waals surface area contributed by atoms with Crippen molar-refractivity contribution in [1.29, 1.82) is 0 Å². The summed E-state index contributed by atoms with van der Waals surface area (Å²) < 4.78 is 7.20. The molecule has 0 aliphatic rings. The van der Waals surface area contributed by atoms with Crippen molar-refractivity contribution in [2.75, 3.05) is 7.11 Å². The van der Waals surface area contributed by atoms with Crippen LogP contribution in [0.2, 0.25) is 5.02 Å². The lowest BCUT2D eigenvalue weighted by atomic mass is 10.1. The number of hydrogen-bond acceptors (Lipinski definition) is 2. The molecular weight excluding hydrogens is 423 g/mol. The maximum atomic E-state index is 6.49. The number of methoxy groups -OCH3 is 1. The minimum atomic E-state index is -0.276. The summed E-state index contributed by atoms with van der Waals surface area (Å²) in [5.41, 5.74) is 0.924. The average Bonchev–Trinajstić information content (AvgIpc) is 2.68. The van der Waals surface area contributed by atoms with Gasteiger partial charge >= 0.3 is 0 Å². The maximum Gasteiger partial charge on any atom is 0.125 e. The van der Waals surface area contributed by atoms with Crippen LogP contribution in [0, 0.1) is 0 Å². The molecular formula is C12H8Br2Cl2OS. The van der Waals surface area contributed by atoms with Gasteiger partial charge in [-0.1, -0.05) is 33.6 Å². The Kier molecular flexibility index (Phi) is 5.00. The van der Waals surface area contributed by atoms with Crippen molar-refractivity contribution in [3.63, 3.8) is 0 Å². The third-order valence-electron chi connectivity index (χ3n) is 2.38. The number of rotatable bonds is 3. The normalized spacial score (nSPS) is 12.5. The first-order valence-electron chi connectivity index (χ1n) is 4.95. The maximum absolute atomic E-state index is 6.49. The molecule has 0 saturated heterocycles. The second kappa shape index (κ2) is 6.14. The molecule has 0 aliphatic heterocycles. The zero-order chi connectivity index (χ0) is 13.3. The lowest BCUT2D eigenvalue weighted by Crippen LogP contribution is -1.95. The van der Waals surface area contributed by atoms with Crippen LogP contribution in [0.15, 0.2) is 32.5 Å². The van der Waals surface area contributed by atoms with Crippen LogP contribution in [0.1, 0.15) is 15.8 Å². The predicted molar refractivity (Wildman–Crippen MR) is 85.4 cm³/mol. The number of ether oxygens (including phenoxy) is 1. The fourth-order valence-electron chi connectivity index (χ4n) is 1.54. The average molecular weight is 431 g/mol. The van der Waals surface area contributed by atoms with E-state index in [1.807, 2.05) is 24.3 Å². The molecule has 0 fully saturated rings. The first-order chi connectivity index (χ1) is 8.52. The number of halogens is 4. The van der Waals surface area contributed by atoms with Crippen LogP contribution in [-0.4, -0.2) is 7.11 Å². The molecule has 2 rings (SSSR count). The van der Waals surface area contributed by atoms with Crippen LogP contribution in [0.5, 0.6) is 5.75 Å². The fourth-order valence-corrected chi connectivity index (χ4v) is 4.00. The Labute approximate surface area is 136 Å². The van der Waals surface area contributed by atoms with Crippen LogP contribution in [0.25, 0.3) is 0 Å². The highest BCUT2D eigenvalue weighted by Gasteiger charge is 2.19. The zero-order valence-corrected chi connectivity index (χ0v) is 14.7. The highest BCUT2D eigenvalue weighted by molar-refractivity contribution is 9.11. The number of benzene rings is 1. The molecule has 0 aliphatic carbocycles. The van der Waals surface area contributed by atoms with Crippen LogP contribution in [0.3, 0.4) is 0 Å². The molecule has 0 radical (unpaired) electrons. The predicted octanol–water partition coefficient (Wildman–Crippen LogP) is 6.26. The molecule has 1 aromatic heterocycles. The molecule has 0 N–H and O–H groups in total. The molecule has 1 nitrogen and oxygen atoms in total. The van der Waals surface area contributed by atoms with Gasteiger partial charge in [0.1, 0.15) is 5.75 Å². The molecule has 1 heterocycles. The van der Waals surface area contributed by atoms with Crippen molar-refractivity contribution in [2.45, 2.75) is 5.38 Å². The Morgan fingerprint density at radius 1 is 1.28 bits per heavy atom. The topological polar surface area (TPSA) is 9.23 Å².